The van der Waals surface area contributed by atoms with Gasteiger partial charge in [-0.1, -0.05) is 12.1 Å². The molecule has 0 aliphatic carbocycles. The smallest absolute Gasteiger partial charge is 0.138 e. The molecule has 1 atom stereocenters. The van der Waals surface area contributed by atoms with Crippen molar-refractivity contribution in [1.29, 1.82) is 0 Å². The van der Waals surface area contributed by atoms with Crippen molar-refractivity contribution in [3.63, 3.8) is 0 Å². The lowest BCUT2D eigenvalue weighted by molar-refractivity contribution is 0.228. The van der Waals surface area contributed by atoms with E-state index in [4.69, 9.17) is 4.52 Å². The Balaban J connectivity index is 1.60. The maximum absolute atomic E-state index is 5.32. The summed E-state index contributed by atoms with van der Waals surface area (Å²) in [5, 5.41) is 4.14. The van der Waals surface area contributed by atoms with Crippen LogP contribution in [-0.4, -0.2) is 33.2 Å². The third kappa shape index (κ3) is 3.02. The molecule has 1 aliphatic heterocycles. The second kappa shape index (κ2) is 6.02. The fourth-order valence-electron chi connectivity index (χ4n) is 3.28. The van der Waals surface area contributed by atoms with Crippen LogP contribution in [0.15, 0.2) is 16.9 Å². The summed E-state index contributed by atoms with van der Waals surface area (Å²) < 4.78 is 7.62. The Morgan fingerprint density at radius 2 is 2.33 bits per heavy atom. The third-order valence-corrected chi connectivity index (χ3v) is 4.43. The highest BCUT2D eigenvalue weighted by molar-refractivity contribution is 5.21. The Bertz CT molecular complexity index is 601. The lowest BCUT2D eigenvalue weighted by Crippen LogP contribution is -2.31. The van der Waals surface area contributed by atoms with Crippen molar-refractivity contribution in [2.75, 3.05) is 13.6 Å². The van der Waals surface area contributed by atoms with E-state index in [1.165, 1.54) is 17.8 Å². The molecule has 1 aliphatic rings. The van der Waals surface area contributed by atoms with Gasteiger partial charge >= 0.3 is 0 Å². The molecule has 5 nitrogen and oxygen atoms in total. The van der Waals surface area contributed by atoms with Crippen LogP contribution in [0.25, 0.3) is 0 Å². The average molecular weight is 288 g/mol. The molecule has 3 rings (SSSR count). The van der Waals surface area contributed by atoms with E-state index in [-0.39, 0.29) is 0 Å². The van der Waals surface area contributed by atoms with E-state index in [2.05, 4.69) is 39.8 Å². The molecule has 5 heteroatoms. The number of fused-ring (bicyclic) bond motifs is 1. The predicted octanol–water partition coefficient (Wildman–Crippen LogP) is 2.44. The van der Waals surface area contributed by atoms with Gasteiger partial charge < -0.3 is 14.0 Å². The van der Waals surface area contributed by atoms with Crippen LogP contribution in [0.2, 0.25) is 0 Å². The lowest BCUT2D eigenvalue weighted by atomic mass is 9.98. The van der Waals surface area contributed by atoms with E-state index in [1.807, 2.05) is 13.1 Å². The van der Waals surface area contributed by atoms with E-state index < -0.39 is 0 Å². The van der Waals surface area contributed by atoms with Crippen molar-refractivity contribution >= 4 is 0 Å². The van der Waals surface area contributed by atoms with Gasteiger partial charge in [-0.15, -0.1) is 0 Å². The molecule has 0 unspecified atom stereocenters. The average Bonchev–Trinajstić information content (AvgIpc) is 3.06. The third-order valence-electron chi connectivity index (χ3n) is 4.43. The first kappa shape index (κ1) is 14.3. The van der Waals surface area contributed by atoms with E-state index in [9.17, 15) is 0 Å². The summed E-state index contributed by atoms with van der Waals surface area (Å²) in [6.07, 6.45) is 7.27. The summed E-state index contributed by atoms with van der Waals surface area (Å²) in [4.78, 5) is 6.79. The molecule has 2 aromatic rings. The summed E-state index contributed by atoms with van der Waals surface area (Å²) >= 11 is 0. The van der Waals surface area contributed by atoms with Gasteiger partial charge in [0.1, 0.15) is 11.6 Å². The summed E-state index contributed by atoms with van der Waals surface area (Å²) in [7, 11) is 2.19. The van der Waals surface area contributed by atoms with Crippen LogP contribution >= 0.6 is 0 Å². The maximum Gasteiger partial charge on any atom is 0.138 e. The minimum atomic E-state index is 0.696. The molecule has 0 N–H and O–H groups in total. The zero-order valence-corrected chi connectivity index (χ0v) is 13.2. The first-order valence-corrected chi connectivity index (χ1v) is 7.80. The van der Waals surface area contributed by atoms with Crippen molar-refractivity contribution in [2.45, 2.75) is 46.2 Å². The highest BCUT2D eigenvalue weighted by atomic mass is 16.5. The van der Waals surface area contributed by atoms with Crippen molar-refractivity contribution in [1.82, 2.24) is 19.6 Å². The highest BCUT2D eigenvalue weighted by Gasteiger charge is 2.21. The predicted molar refractivity (Wildman–Crippen MR) is 81.0 cm³/mol. The van der Waals surface area contributed by atoms with Crippen LogP contribution < -0.4 is 0 Å². The quantitative estimate of drug-likeness (QED) is 0.848. The molecule has 0 radical (unpaired) electrons. The minimum absolute atomic E-state index is 0.696. The van der Waals surface area contributed by atoms with Gasteiger partial charge in [0.2, 0.25) is 0 Å². The number of imidazole rings is 1. The number of nitrogens with zero attached hydrogens (tertiary/aromatic N) is 4. The van der Waals surface area contributed by atoms with Gasteiger partial charge in [-0.2, -0.15) is 0 Å². The zero-order valence-electron chi connectivity index (χ0n) is 13.2. The molecule has 0 saturated heterocycles. The van der Waals surface area contributed by atoms with Crippen molar-refractivity contribution in [2.24, 2.45) is 5.92 Å². The topological polar surface area (TPSA) is 47.1 Å². The highest BCUT2D eigenvalue weighted by Crippen LogP contribution is 2.21. The molecular weight excluding hydrogens is 264 g/mol. The molecule has 21 heavy (non-hydrogen) atoms. The van der Waals surface area contributed by atoms with Crippen molar-refractivity contribution in [3.05, 3.63) is 35.2 Å². The SMILES string of the molecule is CCc1noc(C)c1CN(C)C[C@@H]1CCc2nccn2C1. The van der Waals surface area contributed by atoms with Gasteiger partial charge in [-0.3, -0.25) is 0 Å². The van der Waals surface area contributed by atoms with Gasteiger partial charge in [-0.05, 0) is 32.7 Å². The Morgan fingerprint density at radius 3 is 3.14 bits per heavy atom. The molecule has 0 aromatic carbocycles. The normalized spacial score (nSPS) is 18.2. The first-order chi connectivity index (χ1) is 10.2. The molecular formula is C16H24N4O. The van der Waals surface area contributed by atoms with E-state index in [0.717, 1.165) is 43.9 Å². The Kier molecular flexibility index (Phi) is 4.10. The van der Waals surface area contributed by atoms with Gasteiger partial charge in [-0.25, -0.2) is 4.98 Å². The molecule has 2 aromatic heterocycles. The molecule has 114 valence electrons. The van der Waals surface area contributed by atoms with E-state index in [1.54, 1.807) is 0 Å². The fraction of sp³-hybridized carbons (Fsp3) is 0.625. The molecule has 3 heterocycles. The number of rotatable bonds is 5. The Labute approximate surface area is 125 Å². The van der Waals surface area contributed by atoms with Gasteiger partial charge in [0.15, 0.2) is 0 Å². The Morgan fingerprint density at radius 1 is 1.48 bits per heavy atom. The Hall–Kier alpha value is -1.62. The summed E-state index contributed by atoms with van der Waals surface area (Å²) in [5.41, 5.74) is 2.36. The van der Waals surface area contributed by atoms with Crippen LogP contribution in [0.1, 0.15) is 36.2 Å². The van der Waals surface area contributed by atoms with E-state index in [0.29, 0.717) is 5.92 Å². The van der Waals surface area contributed by atoms with Gasteiger partial charge in [0, 0.05) is 44.0 Å². The maximum atomic E-state index is 5.32. The van der Waals surface area contributed by atoms with Gasteiger partial charge in [0.25, 0.3) is 0 Å². The van der Waals surface area contributed by atoms with Gasteiger partial charge in [0.05, 0.1) is 5.69 Å². The van der Waals surface area contributed by atoms with Crippen LogP contribution in [0.5, 0.6) is 0 Å². The number of aryl methyl sites for hydroxylation is 3. The van der Waals surface area contributed by atoms with Crippen molar-refractivity contribution in [3.8, 4) is 0 Å². The summed E-state index contributed by atoms with van der Waals surface area (Å²) in [6, 6.07) is 0. The molecule has 0 fully saturated rings. The van der Waals surface area contributed by atoms with Crippen LogP contribution in [-0.2, 0) is 25.9 Å². The second-order valence-electron chi connectivity index (χ2n) is 6.11. The summed E-state index contributed by atoms with van der Waals surface area (Å²) in [6.45, 7) is 7.25. The number of hydrogen-bond donors (Lipinski definition) is 0. The second-order valence-corrected chi connectivity index (χ2v) is 6.11. The van der Waals surface area contributed by atoms with E-state index >= 15 is 0 Å². The van der Waals surface area contributed by atoms with Crippen LogP contribution in [0, 0.1) is 12.8 Å². The number of aromatic nitrogens is 3. The molecule has 0 spiro atoms. The lowest BCUT2D eigenvalue weighted by Gasteiger charge is -2.28. The van der Waals surface area contributed by atoms with Crippen molar-refractivity contribution < 1.29 is 4.52 Å². The molecule has 0 amide bonds. The molecule has 0 saturated carbocycles. The standard InChI is InChI=1S/C16H24N4O/c1-4-15-14(12(2)21-18-15)11-19(3)9-13-5-6-16-17-7-8-20(16)10-13/h7-8,13H,4-6,9-11H2,1-3H3/t13-/m0/s1. The first-order valence-electron chi connectivity index (χ1n) is 7.80. The number of hydrogen-bond acceptors (Lipinski definition) is 4. The minimum Gasteiger partial charge on any atom is -0.361 e. The zero-order chi connectivity index (χ0) is 14.8. The largest absolute Gasteiger partial charge is 0.361 e. The van der Waals surface area contributed by atoms with Crippen LogP contribution in [0.4, 0.5) is 0 Å². The van der Waals surface area contributed by atoms with Crippen LogP contribution in [0.3, 0.4) is 0 Å². The fourth-order valence-corrected chi connectivity index (χ4v) is 3.28. The monoisotopic (exact) mass is 288 g/mol. The molecule has 0 bridgehead atoms. The summed E-state index contributed by atoms with van der Waals surface area (Å²) in [5.74, 6) is 2.89.